The van der Waals surface area contributed by atoms with Crippen molar-refractivity contribution in [3.8, 4) is 5.75 Å². The smallest absolute Gasteiger partial charge is 0.306 e. The van der Waals surface area contributed by atoms with Gasteiger partial charge in [-0.1, -0.05) is 144 Å². The maximum atomic E-state index is 12.6. The van der Waals surface area contributed by atoms with Crippen molar-refractivity contribution in [2.75, 3.05) is 52.9 Å². The van der Waals surface area contributed by atoms with Crippen LogP contribution in [0, 0.1) is 0 Å². The number of carbonyl (C=O) groups excluding carboxylic acids is 1. The monoisotopic (exact) mass is 909 g/mol. The summed E-state index contributed by atoms with van der Waals surface area (Å²) in [5.41, 5.74) is 2.35. The molecule has 1 rings (SSSR count). The third-order valence-corrected chi connectivity index (χ3v) is 11.5. The molecular weight excluding hydrogens is 809 g/mol. The molecule has 7 unspecified atom stereocenters. The first-order valence-corrected chi connectivity index (χ1v) is 25.6. The Bertz CT molecular complexity index is 1270. The zero-order valence-electron chi connectivity index (χ0n) is 43.8. The van der Waals surface area contributed by atoms with E-state index in [9.17, 15) is 9.90 Å². The summed E-state index contributed by atoms with van der Waals surface area (Å²) in [6, 6.07) is 4.03. The molecule has 0 saturated carbocycles. The number of aryl methyl sites for hydroxylation is 1. The van der Waals surface area contributed by atoms with Crippen LogP contribution in [0.3, 0.4) is 0 Å². The molecule has 0 aliphatic heterocycles. The van der Waals surface area contributed by atoms with Gasteiger partial charge in [-0.25, -0.2) is 0 Å². The summed E-state index contributed by atoms with van der Waals surface area (Å²) in [6.07, 6.45) is 19.2. The molecule has 0 fully saturated rings. The first kappa shape index (κ1) is 60.2. The zero-order valence-corrected chi connectivity index (χ0v) is 43.8. The molecule has 64 heavy (non-hydrogen) atoms. The number of phenolic OH excluding ortho intramolecular Hbond substituents is 1. The molecule has 7 atom stereocenters. The van der Waals surface area contributed by atoms with Gasteiger partial charge in [0.25, 0.3) is 0 Å². The number of carbonyl (C=O) groups is 1. The van der Waals surface area contributed by atoms with Gasteiger partial charge < -0.3 is 43.0 Å². The number of rotatable bonds is 39. The lowest BCUT2D eigenvalue weighted by Crippen LogP contribution is -2.30. The Hall–Kier alpha value is -1.79. The van der Waals surface area contributed by atoms with Gasteiger partial charge in [0, 0.05) is 13.0 Å². The molecule has 1 aromatic rings. The minimum absolute atomic E-state index is 0.0249. The fourth-order valence-electron chi connectivity index (χ4n) is 7.23. The molecule has 10 nitrogen and oxygen atoms in total. The number of benzene rings is 1. The van der Waals surface area contributed by atoms with Crippen LogP contribution in [0.4, 0.5) is 0 Å². The minimum atomic E-state index is -0.274. The van der Waals surface area contributed by atoms with E-state index in [4.69, 9.17) is 37.9 Å². The normalized spacial score (nSPS) is 15.7. The molecule has 1 aromatic carbocycles. The van der Waals surface area contributed by atoms with E-state index >= 15 is 0 Å². The second-order valence-electron chi connectivity index (χ2n) is 20.9. The van der Waals surface area contributed by atoms with Gasteiger partial charge in [-0.2, -0.15) is 0 Å². The molecular formula is C54H100O10. The van der Waals surface area contributed by atoms with E-state index in [0.717, 1.165) is 29.7 Å². The fourth-order valence-corrected chi connectivity index (χ4v) is 7.23. The number of unbranched alkanes of at least 4 members (excludes halogenated alkanes) is 13. The van der Waals surface area contributed by atoms with Crippen LogP contribution in [0.2, 0.25) is 0 Å². The molecule has 0 aliphatic carbocycles. The number of esters is 1. The number of ether oxygens (including phenoxy) is 8. The molecule has 376 valence electrons. The highest BCUT2D eigenvalue weighted by molar-refractivity contribution is 5.69. The van der Waals surface area contributed by atoms with Crippen molar-refractivity contribution in [1.29, 1.82) is 0 Å². The summed E-state index contributed by atoms with van der Waals surface area (Å²) in [7, 11) is 0. The van der Waals surface area contributed by atoms with E-state index in [2.05, 4.69) is 55.4 Å². The van der Waals surface area contributed by atoms with E-state index in [1.807, 2.05) is 53.7 Å². The Morgan fingerprint density at radius 2 is 0.766 bits per heavy atom. The first-order valence-electron chi connectivity index (χ1n) is 25.6. The Morgan fingerprint density at radius 3 is 1.09 bits per heavy atom. The third-order valence-electron chi connectivity index (χ3n) is 11.5. The molecule has 0 aliphatic rings. The van der Waals surface area contributed by atoms with E-state index in [0.29, 0.717) is 51.8 Å². The zero-order chi connectivity index (χ0) is 48.0. The van der Waals surface area contributed by atoms with Crippen LogP contribution in [0.1, 0.15) is 210 Å². The summed E-state index contributed by atoms with van der Waals surface area (Å²) in [5, 5.41) is 11.0. The van der Waals surface area contributed by atoms with Crippen molar-refractivity contribution in [2.24, 2.45) is 0 Å². The number of aromatic hydroxyl groups is 1. The van der Waals surface area contributed by atoms with Gasteiger partial charge in [0.1, 0.15) is 12.4 Å². The summed E-state index contributed by atoms with van der Waals surface area (Å²) < 4.78 is 47.4. The molecule has 0 radical (unpaired) electrons. The quantitative estimate of drug-likeness (QED) is 0.0506. The van der Waals surface area contributed by atoms with Crippen molar-refractivity contribution >= 4 is 5.97 Å². The van der Waals surface area contributed by atoms with Crippen molar-refractivity contribution in [2.45, 2.75) is 253 Å². The number of phenols is 1. The van der Waals surface area contributed by atoms with Gasteiger partial charge >= 0.3 is 5.97 Å². The van der Waals surface area contributed by atoms with Gasteiger partial charge in [-0.3, -0.25) is 4.79 Å². The van der Waals surface area contributed by atoms with Gasteiger partial charge in [0.2, 0.25) is 0 Å². The number of hydrogen-bond donors (Lipinski definition) is 1. The highest BCUT2D eigenvalue weighted by Crippen LogP contribution is 2.40. The van der Waals surface area contributed by atoms with Gasteiger partial charge in [0.15, 0.2) is 0 Å². The lowest BCUT2D eigenvalue weighted by atomic mass is 9.78. The second-order valence-corrected chi connectivity index (χ2v) is 20.9. The average molecular weight is 909 g/mol. The van der Waals surface area contributed by atoms with Crippen molar-refractivity contribution in [3.63, 3.8) is 0 Å². The topological polar surface area (TPSA) is 111 Å². The van der Waals surface area contributed by atoms with Crippen LogP contribution < -0.4 is 0 Å². The van der Waals surface area contributed by atoms with E-state index < -0.39 is 0 Å². The van der Waals surface area contributed by atoms with Crippen molar-refractivity contribution in [1.82, 2.24) is 0 Å². The largest absolute Gasteiger partial charge is 0.507 e. The molecule has 0 amide bonds. The van der Waals surface area contributed by atoms with Crippen molar-refractivity contribution < 1.29 is 47.8 Å². The van der Waals surface area contributed by atoms with E-state index in [-0.39, 0.29) is 72.6 Å². The Kier molecular flexibility index (Phi) is 32.5. The molecule has 0 saturated heterocycles. The van der Waals surface area contributed by atoms with Gasteiger partial charge in [-0.15, -0.1) is 0 Å². The Balaban J connectivity index is 2.11. The van der Waals surface area contributed by atoms with Gasteiger partial charge in [0.05, 0.1) is 82.4 Å². The van der Waals surface area contributed by atoms with Crippen LogP contribution >= 0.6 is 0 Å². The summed E-state index contributed by atoms with van der Waals surface area (Å²) >= 11 is 0. The predicted molar refractivity (Wildman–Crippen MR) is 263 cm³/mol. The van der Waals surface area contributed by atoms with E-state index in [1.54, 1.807) is 0 Å². The number of hydrogen-bond acceptors (Lipinski definition) is 10. The van der Waals surface area contributed by atoms with E-state index in [1.165, 1.54) is 83.5 Å². The minimum Gasteiger partial charge on any atom is -0.507 e. The maximum absolute atomic E-state index is 12.6. The molecule has 10 heteroatoms. The molecule has 0 heterocycles. The second kappa shape index (κ2) is 34.5. The Labute approximate surface area is 393 Å². The predicted octanol–water partition coefficient (Wildman–Crippen LogP) is 12.8. The SMILES string of the molecule is CCCCCCCCCCCCCCCCOC(C)COC(C)COC(C)COC(C)COC(C)COC(C)COC(C)COC(=O)CCc1cc(C(C)(C)C)c(O)c(C(C)(C)C)c1. The standard InChI is InChI=1S/C54H100O10/c1-15-16-17-18-19-20-21-22-23-24-25-26-27-28-31-57-41(2)34-58-42(3)35-59-43(4)36-60-44(5)37-61-45(6)38-62-46(7)39-63-47(8)40-64-51(55)30-29-48-32-49(53(9,10)11)52(56)50(33-48)54(12,13)14/h32-33,41-47,56H,15-31,34-40H2,1-14H3. The highest BCUT2D eigenvalue weighted by Gasteiger charge is 2.27. The van der Waals surface area contributed by atoms with Crippen LogP contribution in [-0.2, 0) is 59.9 Å². The van der Waals surface area contributed by atoms with Crippen LogP contribution in [0.5, 0.6) is 5.75 Å². The first-order chi connectivity index (χ1) is 30.2. The molecule has 0 spiro atoms. The highest BCUT2D eigenvalue weighted by atomic mass is 16.6. The van der Waals surface area contributed by atoms with Crippen LogP contribution in [-0.4, -0.2) is 107 Å². The van der Waals surface area contributed by atoms with Crippen LogP contribution in [0.25, 0.3) is 0 Å². The molecule has 1 N–H and O–H groups in total. The Morgan fingerprint density at radius 1 is 0.469 bits per heavy atom. The fraction of sp³-hybridized carbons (Fsp3) is 0.870. The lowest BCUT2D eigenvalue weighted by Gasteiger charge is -2.28. The summed E-state index contributed by atoms with van der Waals surface area (Å²) in [4.78, 5) is 12.6. The summed E-state index contributed by atoms with van der Waals surface area (Å²) in [6.45, 7) is 32.5. The lowest BCUT2D eigenvalue weighted by molar-refractivity contribution is -0.148. The third kappa shape index (κ3) is 30.5. The molecule has 0 aromatic heterocycles. The van der Waals surface area contributed by atoms with Crippen molar-refractivity contribution in [3.05, 3.63) is 28.8 Å². The summed E-state index contributed by atoms with van der Waals surface area (Å²) in [5.74, 6) is 0.0672. The van der Waals surface area contributed by atoms with Crippen LogP contribution in [0.15, 0.2) is 12.1 Å². The average Bonchev–Trinajstić information content (AvgIpc) is 3.23. The molecule has 0 bridgehead atoms. The maximum Gasteiger partial charge on any atom is 0.306 e. The van der Waals surface area contributed by atoms with Gasteiger partial charge in [-0.05, 0) is 88.8 Å².